The Labute approximate surface area is 136 Å². The number of methoxy groups -OCH3 is 1. The van der Waals surface area contributed by atoms with E-state index in [4.69, 9.17) is 14.3 Å². The molecule has 122 valence electrons. The van der Waals surface area contributed by atoms with Crippen molar-refractivity contribution in [3.05, 3.63) is 58.5 Å². The lowest BCUT2D eigenvalue weighted by Crippen LogP contribution is -2.02. The minimum absolute atomic E-state index is 0.163. The van der Waals surface area contributed by atoms with Gasteiger partial charge in [0.25, 0.3) is 5.69 Å². The van der Waals surface area contributed by atoms with E-state index >= 15 is 0 Å². The smallest absolute Gasteiger partial charge is 0.308 e. The second kappa shape index (κ2) is 6.04. The van der Waals surface area contributed by atoms with Crippen molar-refractivity contribution in [1.82, 2.24) is 0 Å². The molecule has 24 heavy (non-hydrogen) atoms. The first-order chi connectivity index (χ1) is 11.5. The Balaban J connectivity index is 2.36. The highest BCUT2D eigenvalue weighted by Gasteiger charge is 2.33. The normalized spacial score (nSPS) is 10.7. The van der Waals surface area contributed by atoms with Gasteiger partial charge in [-0.3, -0.25) is 14.9 Å². The Morgan fingerprint density at radius 2 is 2.12 bits per heavy atom. The first kappa shape index (κ1) is 15.5. The van der Waals surface area contributed by atoms with Crippen molar-refractivity contribution in [2.45, 2.75) is 6.42 Å². The van der Waals surface area contributed by atoms with Crippen molar-refractivity contribution in [2.24, 2.45) is 0 Å². The molecule has 0 saturated carbocycles. The third kappa shape index (κ3) is 2.56. The topological polar surface area (TPSA) is 103 Å². The highest BCUT2D eigenvalue weighted by Crippen LogP contribution is 2.48. The predicted octanol–water partition coefficient (Wildman–Crippen LogP) is 3.60. The van der Waals surface area contributed by atoms with Gasteiger partial charge in [0.05, 0.1) is 36.5 Å². The van der Waals surface area contributed by atoms with Crippen LogP contribution in [-0.2, 0) is 11.2 Å². The van der Waals surface area contributed by atoms with E-state index in [9.17, 15) is 14.9 Å². The lowest BCUT2D eigenvalue weighted by atomic mass is 10.0. The summed E-state index contributed by atoms with van der Waals surface area (Å²) >= 11 is 0. The zero-order valence-corrected chi connectivity index (χ0v) is 12.7. The Morgan fingerprint density at radius 1 is 1.33 bits per heavy atom. The van der Waals surface area contributed by atoms with Crippen LogP contribution in [0.15, 0.2) is 47.3 Å². The van der Waals surface area contributed by atoms with Crippen LogP contribution in [0.3, 0.4) is 0 Å². The van der Waals surface area contributed by atoms with Crippen LogP contribution in [0.2, 0.25) is 0 Å². The molecular weight excluding hydrogens is 314 g/mol. The van der Waals surface area contributed by atoms with Gasteiger partial charge in [0.2, 0.25) is 0 Å². The first-order valence-electron chi connectivity index (χ1n) is 7.04. The van der Waals surface area contributed by atoms with Crippen molar-refractivity contribution in [1.29, 1.82) is 0 Å². The lowest BCUT2D eigenvalue weighted by molar-refractivity contribution is -0.384. The maximum absolute atomic E-state index is 11.7. The van der Waals surface area contributed by atoms with Crippen LogP contribution in [0.25, 0.3) is 22.3 Å². The summed E-state index contributed by atoms with van der Waals surface area (Å²) in [5.74, 6) is -0.591. The largest absolute Gasteiger partial charge is 0.497 e. The molecule has 7 nitrogen and oxygen atoms in total. The van der Waals surface area contributed by atoms with Crippen LogP contribution in [0.5, 0.6) is 5.75 Å². The molecule has 1 aromatic carbocycles. The molecule has 1 N–H and O–H groups in total. The Kier molecular flexibility index (Phi) is 3.91. The summed E-state index contributed by atoms with van der Waals surface area (Å²) in [7, 11) is 1.50. The highest BCUT2D eigenvalue weighted by molar-refractivity contribution is 5.98. The number of hydrogen-bond donors (Lipinski definition) is 1. The number of benzene rings is 1. The van der Waals surface area contributed by atoms with Gasteiger partial charge in [0.1, 0.15) is 5.75 Å². The van der Waals surface area contributed by atoms with E-state index in [0.29, 0.717) is 28.0 Å². The number of aliphatic carboxylic acids is 1. The van der Waals surface area contributed by atoms with Gasteiger partial charge in [-0.1, -0.05) is 12.1 Å². The minimum Gasteiger partial charge on any atom is -0.497 e. The number of nitrogens with zero attached hydrogens (tertiary/aromatic N) is 1. The van der Waals surface area contributed by atoms with E-state index in [1.165, 1.54) is 19.6 Å². The molecule has 0 aromatic heterocycles. The maximum Gasteiger partial charge on any atom is 0.308 e. The van der Waals surface area contributed by atoms with Gasteiger partial charge in [0.15, 0.2) is 0 Å². The number of carbonyl (C=O) groups is 1. The molecule has 3 rings (SSSR count). The Morgan fingerprint density at radius 3 is 2.79 bits per heavy atom. The quantitative estimate of drug-likeness (QED) is 0.567. The number of fused-ring (bicyclic) bond motifs is 1. The number of rotatable bonds is 5. The second-order valence-electron chi connectivity index (χ2n) is 5.15. The third-order valence-corrected chi connectivity index (χ3v) is 3.78. The van der Waals surface area contributed by atoms with E-state index in [1.54, 1.807) is 30.3 Å². The minimum atomic E-state index is -1.14. The van der Waals surface area contributed by atoms with Crippen molar-refractivity contribution in [2.75, 3.05) is 7.11 Å². The van der Waals surface area contributed by atoms with Gasteiger partial charge < -0.3 is 14.3 Å². The summed E-state index contributed by atoms with van der Waals surface area (Å²) < 4.78 is 10.3. The number of hydrogen-bond acceptors (Lipinski definition) is 5. The first-order valence-corrected chi connectivity index (χ1v) is 7.04. The Bertz CT molecular complexity index is 898. The standard InChI is InChI=1S/C17H13NO6/c1-23-11-4-2-3-10(7-11)16-14-9-24-6-5-12(14)13(8-15(19)20)17(16)18(21)22/h2-7,9H,8H2,1H3,(H,19,20). The van der Waals surface area contributed by atoms with Crippen LogP contribution in [-0.4, -0.2) is 23.1 Å². The SMILES string of the molecule is COc1cccc(-c2c3coccc-3c(CC(=O)O)c2[N+](=O)[O-])c1. The molecule has 0 radical (unpaired) electrons. The molecule has 2 aliphatic rings. The molecule has 0 unspecified atom stereocenters. The zero-order chi connectivity index (χ0) is 17.3. The highest BCUT2D eigenvalue weighted by atomic mass is 16.6. The van der Waals surface area contributed by atoms with E-state index in [2.05, 4.69) is 0 Å². The number of carboxylic acids is 1. The van der Waals surface area contributed by atoms with Crippen LogP contribution in [0.4, 0.5) is 5.69 Å². The average molecular weight is 327 g/mol. The fourth-order valence-electron chi connectivity index (χ4n) is 2.83. The van der Waals surface area contributed by atoms with Gasteiger partial charge in [-0.2, -0.15) is 0 Å². The number of nitro groups is 1. The molecule has 1 aliphatic heterocycles. The van der Waals surface area contributed by atoms with Gasteiger partial charge in [-0.15, -0.1) is 0 Å². The fraction of sp³-hybridized carbons (Fsp3) is 0.118. The summed E-state index contributed by atoms with van der Waals surface area (Å²) in [5.41, 5.74) is 1.82. The van der Waals surface area contributed by atoms with E-state index in [0.717, 1.165) is 0 Å². The maximum atomic E-state index is 11.7. The molecule has 1 heterocycles. The van der Waals surface area contributed by atoms with Crippen LogP contribution in [0.1, 0.15) is 5.56 Å². The van der Waals surface area contributed by atoms with E-state index < -0.39 is 17.3 Å². The van der Waals surface area contributed by atoms with Crippen LogP contribution >= 0.6 is 0 Å². The second-order valence-corrected chi connectivity index (χ2v) is 5.15. The van der Waals surface area contributed by atoms with E-state index in [-0.39, 0.29) is 11.3 Å². The summed E-state index contributed by atoms with van der Waals surface area (Å²) in [6, 6.07) is 8.36. The molecule has 1 aromatic rings. The fourth-order valence-corrected chi connectivity index (χ4v) is 2.83. The molecule has 0 spiro atoms. The summed E-state index contributed by atoms with van der Waals surface area (Å²) in [6.45, 7) is 0. The molecule has 0 fully saturated rings. The molecular formula is C17H13NO6. The van der Waals surface area contributed by atoms with Crippen molar-refractivity contribution < 1.29 is 24.0 Å². The summed E-state index contributed by atoms with van der Waals surface area (Å²) in [5, 5.41) is 20.8. The predicted molar refractivity (Wildman–Crippen MR) is 85.3 cm³/mol. The molecule has 0 bridgehead atoms. The zero-order valence-electron chi connectivity index (χ0n) is 12.7. The summed E-state index contributed by atoms with van der Waals surface area (Å²) in [4.78, 5) is 22.3. The molecule has 0 atom stereocenters. The molecule has 7 heteroatoms. The van der Waals surface area contributed by atoms with Gasteiger partial charge in [-0.25, -0.2) is 0 Å². The molecule has 0 amide bonds. The van der Waals surface area contributed by atoms with Crippen LogP contribution in [0, 0.1) is 10.1 Å². The molecule has 0 saturated heterocycles. The van der Waals surface area contributed by atoms with Gasteiger partial charge in [0, 0.05) is 11.1 Å². The van der Waals surface area contributed by atoms with Gasteiger partial charge >= 0.3 is 5.97 Å². The third-order valence-electron chi connectivity index (χ3n) is 3.78. The Hall–Kier alpha value is -3.35. The van der Waals surface area contributed by atoms with Crippen molar-refractivity contribution in [3.63, 3.8) is 0 Å². The van der Waals surface area contributed by atoms with Crippen molar-refractivity contribution in [3.8, 4) is 28.0 Å². The van der Waals surface area contributed by atoms with E-state index in [1.807, 2.05) is 0 Å². The monoisotopic (exact) mass is 327 g/mol. The van der Waals surface area contributed by atoms with Crippen LogP contribution < -0.4 is 4.74 Å². The average Bonchev–Trinajstić information content (AvgIpc) is 2.89. The van der Waals surface area contributed by atoms with Crippen molar-refractivity contribution >= 4 is 11.7 Å². The summed E-state index contributed by atoms with van der Waals surface area (Å²) in [6.07, 6.45) is 2.32. The number of carboxylic acid groups (broad SMARTS) is 1. The lowest BCUT2D eigenvalue weighted by Gasteiger charge is -2.05. The van der Waals surface area contributed by atoms with Gasteiger partial charge in [-0.05, 0) is 29.3 Å². The number of ether oxygens (including phenoxy) is 1. The molecule has 1 aliphatic carbocycles.